The molecule has 1 fully saturated rings. The number of benzene rings is 2. The highest BCUT2D eigenvalue weighted by atomic mass is 35.5. The van der Waals surface area contributed by atoms with Crippen molar-refractivity contribution < 1.29 is 4.79 Å². The van der Waals surface area contributed by atoms with Crippen molar-refractivity contribution in [2.24, 2.45) is 0 Å². The molecule has 1 aliphatic heterocycles. The summed E-state index contributed by atoms with van der Waals surface area (Å²) in [6.07, 6.45) is 2.24. The Balaban J connectivity index is 1.43. The summed E-state index contributed by atoms with van der Waals surface area (Å²) < 4.78 is 0. The minimum absolute atomic E-state index is 0.0110. The van der Waals surface area contributed by atoms with Gasteiger partial charge in [0.05, 0.1) is 12.6 Å². The fourth-order valence-corrected chi connectivity index (χ4v) is 4.36. The van der Waals surface area contributed by atoms with E-state index in [1.165, 1.54) is 5.56 Å². The van der Waals surface area contributed by atoms with E-state index >= 15 is 0 Å². The lowest BCUT2D eigenvalue weighted by Gasteiger charge is -2.34. The van der Waals surface area contributed by atoms with Crippen LogP contribution in [0.4, 0.5) is 0 Å². The predicted octanol–water partition coefficient (Wildman–Crippen LogP) is 4.94. The maximum atomic E-state index is 12.5. The van der Waals surface area contributed by atoms with Gasteiger partial charge in [-0.05, 0) is 36.6 Å². The number of aryl methyl sites for hydroxylation is 1. The third-order valence-electron chi connectivity index (χ3n) is 5.67. The molecule has 0 radical (unpaired) electrons. The lowest BCUT2D eigenvalue weighted by atomic mass is 10.0. The predicted molar refractivity (Wildman–Crippen MR) is 125 cm³/mol. The highest BCUT2D eigenvalue weighted by Gasteiger charge is 2.21. The quantitative estimate of drug-likeness (QED) is 0.622. The molecule has 0 spiro atoms. The van der Waals surface area contributed by atoms with Gasteiger partial charge >= 0.3 is 0 Å². The molecule has 1 aliphatic rings. The average molecular weight is 448 g/mol. The highest BCUT2D eigenvalue weighted by Crippen LogP contribution is 2.26. The third-order valence-corrected chi connectivity index (χ3v) is 6.38. The Morgan fingerprint density at radius 3 is 2.20 bits per heavy atom. The average Bonchev–Trinajstić information content (AvgIpc) is 2.73. The number of hydrogen-bond donors (Lipinski definition) is 1. The van der Waals surface area contributed by atoms with Gasteiger partial charge in [-0.3, -0.25) is 14.6 Å². The Labute approximate surface area is 190 Å². The number of amides is 1. The van der Waals surface area contributed by atoms with Gasteiger partial charge < -0.3 is 5.32 Å². The van der Waals surface area contributed by atoms with E-state index in [9.17, 15) is 4.79 Å². The first-order valence-electron chi connectivity index (χ1n) is 10.7. The molecule has 162 valence electrons. The van der Waals surface area contributed by atoms with Gasteiger partial charge in [0.1, 0.15) is 0 Å². The normalized spacial score (nSPS) is 16.4. The van der Waals surface area contributed by atoms with E-state index in [2.05, 4.69) is 46.3 Å². The first kappa shape index (κ1) is 23.1. The summed E-state index contributed by atoms with van der Waals surface area (Å²) >= 11 is 12.6. The van der Waals surface area contributed by atoms with Crippen LogP contribution in [-0.2, 0) is 17.8 Å². The van der Waals surface area contributed by atoms with Crippen LogP contribution >= 0.6 is 23.2 Å². The molecule has 1 atom stereocenters. The second-order valence-electron chi connectivity index (χ2n) is 8.03. The van der Waals surface area contributed by atoms with Crippen molar-refractivity contribution in [1.29, 1.82) is 0 Å². The summed E-state index contributed by atoms with van der Waals surface area (Å²) in [6, 6.07) is 14.2. The van der Waals surface area contributed by atoms with E-state index < -0.39 is 0 Å². The van der Waals surface area contributed by atoms with Crippen LogP contribution in [0.3, 0.4) is 0 Å². The van der Waals surface area contributed by atoms with E-state index in [4.69, 9.17) is 23.2 Å². The van der Waals surface area contributed by atoms with Crippen LogP contribution < -0.4 is 5.32 Å². The molecule has 4 nitrogen and oxygen atoms in total. The number of piperazine rings is 1. The van der Waals surface area contributed by atoms with Gasteiger partial charge in [0.15, 0.2) is 0 Å². The maximum absolute atomic E-state index is 12.5. The second-order valence-corrected chi connectivity index (χ2v) is 8.85. The van der Waals surface area contributed by atoms with Crippen LogP contribution in [0.15, 0.2) is 42.5 Å². The molecule has 2 aromatic rings. The summed E-state index contributed by atoms with van der Waals surface area (Å²) in [6.45, 7) is 8.89. The van der Waals surface area contributed by atoms with Gasteiger partial charge in [0.2, 0.25) is 5.91 Å². The van der Waals surface area contributed by atoms with E-state index in [0.717, 1.165) is 56.7 Å². The van der Waals surface area contributed by atoms with Crippen LogP contribution in [0, 0.1) is 0 Å². The van der Waals surface area contributed by atoms with E-state index in [1.807, 2.05) is 25.1 Å². The molecule has 0 aromatic heterocycles. The van der Waals surface area contributed by atoms with Crippen LogP contribution in [0.2, 0.25) is 10.0 Å². The molecule has 3 rings (SSSR count). The molecule has 0 aliphatic carbocycles. The third kappa shape index (κ3) is 6.45. The summed E-state index contributed by atoms with van der Waals surface area (Å²) in [5, 5.41) is 4.55. The first-order valence-corrected chi connectivity index (χ1v) is 11.5. The largest absolute Gasteiger partial charge is 0.348 e. The van der Waals surface area contributed by atoms with E-state index in [-0.39, 0.29) is 11.9 Å². The summed E-state index contributed by atoms with van der Waals surface area (Å²) in [7, 11) is 0. The molecular formula is C24H31Cl2N3O. The fourth-order valence-electron chi connectivity index (χ4n) is 3.85. The molecule has 1 heterocycles. The standard InChI is InChI=1S/C24H31Cl2N3O/c1-3-5-19-8-10-20(11-9-19)18(2)27-24(30)17-29-14-12-28(13-15-29)16-21-22(25)6-4-7-23(21)26/h4,6-11,18H,3,5,12-17H2,1-2H3,(H,27,30)/t18-/m0/s1. The van der Waals surface area contributed by atoms with Crippen molar-refractivity contribution >= 4 is 29.1 Å². The molecule has 1 N–H and O–H groups in total. The molecule has 2 aromatic carbocycles. The van der Waals surface area contributed by atoms with Gasteiger partial charge in [0, 0.05) is 48.3 Å². The van der Waals surface area contributed by atoms with Gasteiger partial charge in [-0.15, -0.1) is 0 Å². The van der Waals surface area contributed by atoms with Gasteiger partial charge in [-0.25, -0.2) is 0 Å². The monoisotopic (exact) mass is 447 g/mol. The number of carbonyl (C=O) groups is 1. The number of hydrogen-bond acceptors (Lipinski definition) is 3. The van der Waals surface area contributed by atoms with Crippen molar-refractivity contribution in [2.45, 2.75) is 39.3 Å². The summed E-state index contributed by atoms with van der Waals surface area (Å²) in [4.78, 5) is 17.1. The highest BCUT2D eigenvalue weighted by molar-refractivity contribution is 6.35. The number of nitrogens with one attached hydrogen (secondary N) is 1. The molecular weight excluding hydrogens is 417 g/mol. The Hall–Kier alpha value is -1.59. The van der Waals surface area contributed by atoms with E-state index in [1.54, 1.807) is 0 Å². The van der Waals surface area contributed by atoms with Gasteiger partial charge in [-0.2, -0.15) is 0 Å². The second kappa shape index (κ2) is 11.1. The SMILES string of the molecule is CCCc1ccc([C@H](C)NC(=O)CN2CCN(Cc3c(Cl)cccc3Cl)CC2)cc1. The van der Waals surface area contributed by atoms with Crippen molar-refractivity contribution in [3.63, 3.8) is 0 Å². The zero-order chi connectivity index (χ0) is 21.5. The molecule has 30 heavy (non-hydrogen) atoms. The van der Waals surface area contributed by atoms with Crippen molar-refractivity contribution in [2.75, 3.05) is 32.7 Å². The molecule has 0 unspecified atom stereocenters. The zero-order valence-electron chi connectivity index (χ0n) is 17.8. The molecule has 0 bridgehead atoms. The van der Waals surface area contributed by atoms with Crippen LogP contribution in [0.1, 0.15) is 43.0 Å². The lowest BCUT2D eigenvalue weighted by Crippen LogP contribution is -2.49. The topological polar surface area (TPSA) is 35.6 Å². The van der Waals surface area contributed by atoms with E-state index in [0.29, 0.717) is 16.6 Å². The molecule has 1 amide bonds. The molecule has 1 saturated heterocycles. The molecule has 6 heteroatoms. The Bertz CT molecular complexity index is 813. The van der Waals surface area contributed by atoms with Crippen LogP contribution in [-0.4, -0.2) is 48.4 Å². The maximum Gasteiger partial charge on any atom is 0.234 e. The Morgan fingerprint density at radius 1 is 1.00 bits per heavy atom. The molecule has 0 saturated carbocycles. The zero-order valence-corrected chi connectivity index (χ0v) is 19.3. The van der Waals surface area contributed by atoms with Gasteiger partial charge in [0.25, 0.3) is 0 Å². The Morgan fingerprint density at radius 2 is 1.60 bits per heavy atom. The van der Waals surface area contributed by atoms with Crippen molar-refractivity contribution in [3.8, 4) is 0 Å². The number of nitrogens with zero attached hydrogens (tertiary/aromatic N) is 2. The lowest BCUT2D eigenvalue weighted by molar-refractivity contribution is -0.123. The minimum atomic E-state index is 0.0110. The number of carbonyl (C=O) groups excluding carboxylic acids is 1. The number of halogens is 2. The Kier molecular flexibility index (Phi) is 8.58. The minimum Gasteiger partial charge on any atom is -0.348 e. The smallest absolute Gasteiger partial charge is 0.234 e. The van der Waals surface area contributed by atoms with Crippen LogP contribution in [0.25, 0.3) is 0 Å². The van der Waals surface area contributed by atoms with Crippen molar-refractivity contribution in [1.82, 2.24) is 15.1 Å². The van der Waals surface area contributed by atoms with Crippen molar-refractivity contribution in [3.05, 3.63) is 69.2 Å². The first-order chi connectivity index (χ1) is 14.5. The van der Waals surface area contributed by atoms with Crippen LogP contribution in [0.5, 0.6) is 0 Å². The number of rotatable bonds is 8. The van der Waals surface area contributed by atoms with Gasteiger partial charge in [-0.1, -0.05) is 66.9 Å². The summed E-state index contributed by atoms with van der Waals surface area (Å²) in [5.41, 5.74) is 3.46. The fraction of sp³-hybridized carbons (Fsp3) is 0.458. The summed E-state index contributed by atoms with van der Waals surface area (Å²) in [5.74, 6) is 0.0720.